The van der Waals surface area contributed by atoms with Crippen LogP contribution < -0.4 is 0 Å². The largest absolute Gasteiger partial charge is 0.249 e. The summed E-state index contributed by atoms with van der Waals surface area (Å²) in [6, 6.07) is 4.93. The molecule has 0 unspecified atom stereocenters. The smallest absolute Gasteiger partial charge is 0.137 e. The van der Waals surface area contributed by atoms with E-state index in [4.69, 9.17) is 0 Å². The van der Waals surface area contributed by atoms with Gasteiger partial charge in [-0.1, -0.05) is 12.1 Å². The van der Waals surface area contributed by atoms with Gasteiger partial charge in [-0.15, -0.1) is 0 Å². The Labute approximate surface area is 88.7 Å². The molecule has 0 bridgehead atoms. The fourth-order valence-corrected chi connectivity index (χ4v) is 1.55. The van der Waals surface area contributed by atoms with Crippen molar-refractivity contribution in [3.05, 3.63) is 46.7 Å². The lowest BCUT2D eigenvalue weighted by Gasteiger charge is -2.04. The number of aromatic nitrogens is 3. The lowest BCUT2D eigenvalue weighted by Crippen LogP contribution is -2.01. The summed E-state index contributed by atoms with van der Waals surface area (Å²) in [4.78, 5) is 3.81. The number of halogens is 2. The normalized spacial score (nSPS) is 10.4. The van der Waals surface area contributed by atoms with Gasteiger partial charge in [-0.05, 0) is 27.6 Å². The molecular formula is C9H7BrFN3. The predicted octanol–water partition coefficient (Wildman–Crippen LogP) is 2.23. The Morgan fingerprint density at radius 1 is 1.43 bits per heavy atom. The van der Waals surface area contributed by atoms with Crippen LogP contribution in [0.25, 0.3) is 0 Å². The van der Waals surface area contributed by atoms with E-state index in [2.05, 4.69) is 26.0 Å². The highest BCUT2D eigenvalue weighted by atomic mass is 79.9. The number of hydrogen-bond acceptors (Lipinski definition) is 2. The van der Waals surface area contributed by atoms with Gasteiger partial charge in [0.15, 0.2) is 0 Å². The zero-order valence-electron chi connectivity index (χ0n) is 7.19. The van der Waals surface area contributed by atoms with Gasteiger partial charge in [0.1, 0.15) is 18.5 Å². The highest BCUT2D eigenvalue weighted by molar-refractivity contribution is 9.10. The molecule has 0 aliphatic carbocycles. The standard InChI is InChI=1S/C9H7BrFN3/c10-9-7(2-1-3-8(9)11)4-14-6-12-5-13-14/h1-3,5-6H,4H2. The van der Waals surface area contributed by atoms with E-state index >= 15 is 0 Å². The summed E-state index contributed by atoms with van der Waals surface area (Å²) in [7, 11) is 0. The molecule has 0 aliphatic heterocycles. The average Bonchev–Trinajstić information content (AvgIpc) is 2.66. The predicted molar refractivity (Wildman–Crippen MR) is 53.2 cm³/mol. The van der Waals surface area contributed by atoms with E-state index in [0.29, 0.717) is 11.0 Å². The van der Waals surface area contributed by atoms with Crippen LogP contribution >= 0.6 is 15.9 Å². The summed E-state index contributed by atoms with van der Waals surface area (Å²) in [6.07, 6.45) is 3.05. The molecular weight excluding hydrogens is 249 g/mol. The zero-order valence-corrected chi connectivity index (χ0v) is 8.78. The molecule has 0 amide bonds. The summed E-state index contributed by atoms with van der Waals surface area (Å²) in [6.45, 7) is 0.512. The molecule has 2 rings (SSSR count). The van der Waals surface area contributed by atoms with Crippen molar-refractivity contribution in [1.29, 1.82) is 0 Å². The quantitative estimate of drug-likeness (QED) is 0.824. The fourth-order valence-electron chi connectivity index (χ4n) is 1.16. The summed E-state index contributed by atoms with van der Waals surface area (Å²) in [5.74, 6) is -0.261. The first-order chi connectivity index (χ1) is 6.77. The van der Waals surface area contributed by atoms with Gasteiger partial charge in [0.05, 0.1) is 11.0 Å². The summed E-state index contributed by atoms with van der Waals surface area (Å²) in [5.41, 5.74) is 0.843. The molecule has 0 spiro atoms. The Hall–Kier alpha value is -1.23. The van der Waals surface area contributed by atoms with Crippen LogP contribution in [0.1, 0.15) is 5.56 Å². The Bertz CT molecular complexity index is 428. The number of rotatable bonds is 2. The molecule has 1 aromatic heterocycles. The topological polar surface area (TPSA) is 30.7 Å². The van der Waals surface area contributed by atoms with Gasteiger partial charge in [0.25, 0.3) is 0 Å². The van der Waals surface area contributed by atoms with Gasteiger partial charge >= 0.3 is 0 Å². The van der Waals surface area contributed by atoms with Gasteiger partial charge in [0.2, 0.25) is 0 Å². The number of benzene rings is 1. The maximum Gasteiger partial charge on any atom is 0.137 e. The first kappa shape index (κ1) is 9.33. The molecule has 0 fully saturated rings. The summed E-state index contributed by atoms with van der Waals surface area (Å²) >= 11 is 3.19. The van der Waals surface area contributed by atoms with Crippen LogP contribution in [0.2, 0.25) is 0 Å². The Morgan fingerprint density at radius 3 is 3.00 bits per heavy atom. The van der Waals surface area contributed by atoms with Crippen molar-refractivity contribution >= 4 is 15.9 Å². The molecule has 0 aliphatic rings. The Balaban J connectivity index is 2.29. The molecule has 1 heterocycles. The minimum absolute atomic E-state index is 0.261. The molecule has 0 saturated heterocycles. The second-order valence-electron chi connectivity index (χ2n) is 2.81. The molecule has 3 nitrogen and oxygen atoms in total. The second-order valence-corrected chi connectivity index (χ2v) is 3.60. The van der Waals surface area contributed by atoms with E-state index in [1.807, 2.05) is 6.07 Å². The maximum absolute atomic E-state index is 13.1. The second kappa shape index (κ2) is 3.88. The number of hydrogen-bond donors (Lipinski definition) is 0. The van der Waals surface area contributed by atoms with E-state index in [0.717, 1.165) is 5.56 Å². The van der Waals surface area contributed by atoms with Crippen LogP contribution in [0, 0.1) is 5.82 Å². The molecule has 72 valence electrons. The summed E-state index contributed by atoms with van der Waals surface area (Å²) in [5, 5.41) is 3.94. The SMILES string of the molecule is Fc1cccc(Cn2cncn2)c1Br. The zero-order chi connectivity index (χ0) is 9.97. The molecule has 0 radical (unpaired) electrons. The van der Waals surface area contributed by atoms with E-state index < -0.39 is 0 Å². The third-order valence-electron chi connectivity index (χ3n) is 1.83. The minimum Gasteiger partial charge on any atom is -0.249 e. The van der Waals surface area contributed by atoms with E-state index in [-0.39, 0.29) is 5.82 Å². The van der Waals surface area contributed by atoms with Crippen LogP contribution in [-0.2, 0) is 6.54 Å². The highest BCUT2D eigenvalue weighted by Crippen LogP contribution is 2.20. The third kappa shape index (κ3) is 1.82. The summed E-state index contributed by atoms with van der Waals surface area (Å²) < 4.78 is 15.2. The van der Waals surface area contributed by atoms with Gasteiger partial charge in [-0.2, -0.15) is 5.10 Å². The van der Waals surface area contributed by atoms with Crippen LogP contribution in [0.3, 0.4) is 0 Å². The number of nitrogens with zero attached hydrogens (tertiary/aromatic N) is 3. The van der Waals surface area contributed by atoms with E-state index in [1.165, 1.54) is 12.4 Å². The Kier molecular flexibility index (Phi) is 2.58. The monoisotopic (exact) mass is 255 g/mol. The van der Waals surface area contributed by atoms with Gasteiger partial charge in [0, 0.05) is 0 Å². The molecule has 0 saturated carbocycles. The molecule has 5 heteroatoms. The van der Waals surface area contributed by atoms with Crippen molar-refractivity contribution in [1.82, 2.24) is 14.8 Å². The van der Waals surface area contributed by atoms with Crippen molar-refractivity contribution in [2.75, 3.05) is 0 Å². The van der Waals surface area contributed by atoms with E-state index in [1.54, 1.807) is 17.1 Å². The van der Waals surface area contributed by atoms with Crippen LogP contribution in [0.15, 0.2) is 35.3 Å². The van der Waals surface area contributed by atoms with Crippen molar-refractivity contribution < 1.29 is 4.39 Å². The first-order valence-corrected chi connectivity index (χ1v) is 4.82. The van der Waals surface area contributed by atoms with Gasteiger partial charge in [-0.25, -0.2) is 14.1 Å². The highest BCUT2D eigenvalue weighted by Gasteiger charge is 2.05. The first-order valence-electron chi connectivity index (χ1n) is 4.02. The third-order valence-corrected chi connectivity index (χ3v) is 2.72. The van der Waals surface area contributed by atoms with Gasteiger partial charge < -0.3 is 0 Å². The molecule has 14 heavy (non-hydrogen) atoms. The van der Waals surface area contributed by atoms with Crippen LogP contribution in [-0.4, -0.2) is 14.8 Å². The molecule has 0 N–H and O–H groups in total. The molecule has 0 atom stereocenters. The van der Waals surface area contributed by atoms with Crippen molar-refractivity contribution in [3.63, 3.8) is 0 Å². The maximum atomic E-state index is 13.1. The van der Waals surface area contributed by atoms with Crippen LogP contribution in [0.4, 0.5) is 4.39 Å². The lowest BCUT2D eigenvalue weighted by molar-refractivity contribution is 0.611. The average molecular weight is 256 g/mol. The fraction of sp³-hybridized carbons (Fsp3) is 0.111. The lowest BCUT2D eigenvalue weighted by atomic mass is 10.2. The molecule has 1 aromatic carbocycles. The Morgan fingerprint density at radius 2 is 2.29 bits per heavy atom. The van der Waals surface area contributed by atoms with Crippen molar-refractivity contribution in [2.45, 2.75) is 6.54 Å². The van der Waals surface area contributed by atoms with Crippen LogP contribution in [0.5, 0.6) is 0 Å². The van der Waals surface area contributed by atoms with Gasteiger partial charge in [-0.3, -0.25) is 0 Å². The van der Waals surface area contributed by atoms with Crippen molar-refractivity contribution in [2.24, 2.45) is 0 Å². The van der Waals surface area contributed by atoms with Crippen molar-refractivity contribution in [3.8, 4) is 0 Å². The molecule has 2 aromatic rings. The minimum atomic E-state index is -0.261. The van der Waals surface area contributed by atoms with E-state index in [9.17, 15) is 4.39 Å².